The second-order valence-corrected chi connectivity index (χ2v) is 4.58. The van der Waals surface area contributed by atoms with E-state index in [4.69, 9.17) is 0 Å². The van der Waals surface area contributed by atoms with Crippen molar-refractivity contribution in [2.75, 3.05) is 11.9 Å². The fourth-order valence-electron chi connectivity index (χ4n) is 2.03. The summed E-state index contributed by atoms with van der Waals surface area (Å²) in [5, 5.41) is 18.3. The number of aryl methyl sites for hydroxylation is 3. The Kier molecular flexibility index (Phi) is 4.29. The summed E-state index contributed by atoms with van der Waals surface area (Å²) in [6.07, 6.45) is 3.63. The Morgan fingerprint density at radius 3 is 2.90 bits per heavy atom. The molecule has 2 aromatic heterocycles. The molecule has 0 aliphatic heterocycles. The predicted molar refractivity (Wildman–Crippen MR) is 75.7 cm³/mol. The fraction of sp³-hybridized carbons (Fsp3) is 0.385. The molecule has 2 rings (SSSR count). The van der Waals surface area contributed by atoms with Crippen LogP contribution in [0.1, 0.15) is 17.8 Å². The van der Waals surface area contributed by atoms with E-state index in [0.29, 0.717) is 12.2 Å². The maximum Gasteiger partial charge on any atom is 0.310 e. The van der Waals surface area contributed by atoms with Crippen molar-refractivity contribution < 1.29 is 4.92 Å². The first kappa shape index (κ1) is 14.0. The third-order valence-corrected chi connectivity index (χ3v) is 2.96. The summed E-state index contributed by atoms with van der Waals surface area (Å²) in [7, 11) is 0. The minimum Gasteiger partial charge on any atom is -0.379 e. The van der Waals surface area contributed by atoms with Crippen LogP contribution in [0.3, 0.4) is 0 Å². The second-order valence-electron chi connectivity index (χ2n) is 4.58. The summed E-state index contributed by atoms with van der Waals surface area (Å²) in [6.45, 7) is 5.40. The number of anilines is 1. The van der Waals surface area contributed by atoms with Gasteiger partial charge in [0.1, 0.15) is 11.9 Å². The molecule has 7 heteroatoms. The largest absolute Gasteiger partial charge is 0.379 e. The van der Waals surface area contributed by atoms with Crippen LogP contribution in [0.4, 0.5) is 11.4 Å². The third kappa shape index (κ3) is 3.31. The molecule has 0 fully saturated rings. The van der Waals surface area contributed by atoms with E-state index in [-0.39, 0.29) is 5.69 Å². The molecular formula is C13H17N5O2. The highest BCUT2D eigenvalue weighted by molar-refractivity contribution is 5.59. The van der Waals surface area contributed by atoms with E-state index in [9.17, 15) is 10.1 Å². The molecule has 2 heterocycles. The molecule has 20 heavy (non-hydrogen) atoms. The molecule has 1 N–H and O–H groups in total. The smallest absolute Gasteiger partial charge is 0.310 e. The zero-order valence-electron chi connectivity index (χ0n) is 11.5. The second kappa shape index (κ2) is 6.14. The van der Waals surface area contributed by atoms with Gasteiger partial charge in [-0.2, -0.15) is 5.10 Å². The Balaban J connectivity index is 1.88. The van der Waals surface area contributed by atoms with Gasteiger partial charge in [0.25, 0.3) is 0 Å². The van der Waals surface area contributed by atoms with Gasteiger partial charge in [0, 0.05) is 25.0 Å². The average Bonchev–Trinajstić information content (AvgIpc) is 2.73. The molecule has 0 saturated heterocycles. The molecule has 0 aromatic carbocycles. The SMILES string of the molecule is Cc1cc(C)n(CCCNc2ccncc2[N+](=O)[O-])n1. The number of aromatic nitrogens is 3. The highest BCUT2D eigenvalue weighted by Gasteiger charge is 2.12. The summed E-state index contributed by atoms with van der Waals surface area (Å²) in [5.74, 6) is 0. The molecule has 0 saturated carbocycles. The zero-order valence-corrected chi connectivity index (χ0v) is 11.5. The molecule has 0 unspecified atom stereocenters. The molecular weight excluding hydrogens is 258 g/mol. The van der Waals surface area contributed by atoms with E-state index in [0.717, 1.165) is 24.4 Å². The number of pyridine rings is 1. The van der Waals surface area contributed by atoms with Gasteiger partial charge in [-0.15, -0.1) is 0 Å². The lowest BCUT2D eigenvalue weighted by Gasteiger charge is -2.07. The Labute approximate surface area is 116 Å². The normalized spacial score (nSPS) is 10.5. The van der Waals surface area contributed by atoms with E-state index in [1.807, 2.05) is 24.6 Å². The molecule has 0 aliphatic rings. The standard InChI is InChI=1S/C13H17N5O2/c1-10-8-11(2)17(16-10)7-3-5-15-12-4-6-14-9-13(12)18(19)20/h4,6,8-9H,3,5,7H2,1-2H3,(H,14,15). The van der Waals surface area contributed by atoms with Gasteiger partial charge < -0.3 is 5.32 Å². The average molecular weight is 275 g/mol. The van der Waals surface area contributed by atoms with Gasteiger partial charge in [0.15, 0.2) is 0 Å². The van der Waals surface area contributed by atoms with Gasteiger partial charge in [-0.25, -0.2) is 0 Å². The van der Waals surface area contributed by atoms with E-state index >= 15 is 0 Å². The fourth-order valence-corrected chi connectivity index (χ4v) is 2.03. The van der Waals surface area contributed by atoms with Crippen molar-refractivity contribution in [1.82, 2.24) is 14.8 Å². The van der Waals surface area contributed by atoms with Crippen LogP contribution in [0.15, 0.2) is 24.5 Å². The molecule has 2 aromatic rings. The Morgan fingerprint density at radius 1 is 1.45 bits per heavy atom. The summed E-state index contributed by atoms with van der Waals surface area (Å²) >= 11 is 0. The van der Waals surface area contributed by atoms with Gasteiger partial charge in [0.05, 0.1) is 10.6 Å². The van der Waals surface area contributed by atoms with Gasteiger partial charge in [0.2, 0.25) is 0 Å². The minimum atomic E-state index is -0.434. The molecule has 0 radical (unpaired) electrons. The van der Waals surface area contributed by atoms with Crippen molar-refractivity contribution in [3.05, 3.63) is 46.0 Å². The van der Waals surface area contributed by atoms with Gasteiger partial charge in [-0.1, -0.05) is 0 Å². The highest BCUT2D eigenvalue weighted by atomic mass is 16.6. The van der Waals surface area contributed by atoms with Crippen molar-refractivity contribution in [3.63, 3.8) is 0 Å². The number of rotatable bonds is 6. The van der Waals surface area contributed by atoms with Crippen LogP contribution >= 0.6 is 0 Å². The maximum atomic E-state index is 10.8. The third-order valence-electron chi connectivity index (χ3n) is 2.96. The van der Waals surface area contributed by atoms with E-state index in [1.54, 1.807) is 6.07 Å². The molecule has 0 atom stereocenters. The predicted octanol–water partition coefficient (Wildman–Crippen LogP) is 2.31. The van der Waals surface area contributed by atoms with Crippen molar-refractivity contribution in [3.8, 4) is 0 Å². The van der Waals surface area contributed by atoms with E-state index < -0.39 is 4.92 Å². The lowest BCUT2D eigenvalue weighted by molar-refractivity contribution is -0.384. The van der Waals surface area contributed by atoms with Gasteiger partial charge >= 0.3 is 5.69 Å². The van der Waals surface area contributed by atoms with Crippen molar-refractivity contribution in [2.45, 2.75) is 26.8 Å². The van der Waals surface area contributed by atoms with Crippen molar-refractivity contribution in [2.24, 2.45) is 0 Å². The van der Waals surface area contributed by atoms with Gasteiger partial charge in [-0.3, -0.25) is 19.8 Å². The first-order chi connectivity index (χ1) is 9.58. The topological polar surface area (TPSA) is 85.9 Å². The molecule has 0 bridgehead atoms. The zero-order chi connectivity index (χ0) is 14.5. The van der Waals surface area contributed by atoms with Crippen LogP contribution < -0.4 is 5.32 Å². The van der Waals surface area contributed by atoms with Crippen LogP contribution in [-0.4, -0.2) is 26.2 Å². The van der Waals surface area contributed by atoms with E-state index in [2.05, 4.69) is 15.4 Å². The quantitative estimate of drug-likeness (QED) is 0.496. The number of hydrogen-bond acceptors (Lipinski definition) is 5. The summed E-state index contributed by atoms with van der Waals surface area (Å²) in [6, 6.07) is 3.64. The van der Waals surface area contributed by atoms with E-state index in [1.165, 1.54) is 12.4 Å². The molecule has 7 nitrogen and oxygen atoms in total. The van der Waals surface area contributed by atoms with Crippen molar-refractivity contribution >= 4 is 11.4 Å². The maximum absolute atomic E-state index is 10.8. The molecule has 0 amide bonds. The Bertz CT molecular complexity index is 609. The molecule has 106 valence electrons. The van der Waals surface area contributed by atoms with Crippen LogP contribution in [0, 0.1) is 24.0 Å². The number of nitro groups is 1. The lowest BCUT2D eigenvalue weighted by atomic mass is 10.3. The Morgan fingerprint density at radius 2 is 2.25 bits per heavy atom. The summed E-state index contributed by atoms with van der Waals surface area (Å²) in [4.78, 5) is 14.2. The van der Waals surface area contributed by atoms with Crippen LogP contribution in [-0.2, 0) is 6.54 Å². The summed E-state index contributed by atoms with van der Waals surface area (Å²) in [5.41, 5.74) is 2.62. The molecule has 0 spiro atoms. The summed E-state index contributed by atoms with van der Waals surface area (Å²) < 4.78 is 1.94. The van der Waals surface area contributed by atoms with Crippen LogP contribution in [0.5, 0.6) is 0 Å². The first-order valence-electron chi connectivity index (χ1n) is 6.41. The van der Waals surface area contributed by atoms with Crippen molar-refractivity contribution in [1.29, 1.82) is 0 Å². The van der Waals surface area contributed by atoms with Crippen LogP contribution in [0.2, 0.25) is 0 Å². The first-order valence-corrected chi connectivity index (χ1v) is 6.41. The highest BCUT2D eigenvalue weighted by Crippen LogP contribution is 2.21. The van der Waals surface area contributed by atoms with Crippen LogP contribution in [0.25, 0.3) is 0 Å². The number of nitrogens with one attached hydrogen (secondary N) is 1. The van der Waals surface area contributed by atoms with Gasteiger partial charge in [-0.05, 0) is 32.4 Å². The lowest BCUT2D eigenvalue weighted by Crippen LogP contribution is -2.10. The molecule has 0 aliphatic carbocycles. The minimum absolute atomic E-state index is 0.00128. The number of hydrogen-bond donors (Lipinski definition) is 1. The Hall–Kier alpha value is -2.44. The monoisotopic (exact) mass is 275 g/mol. The number of nitrogens with zero attached hydrogens (tertiary/aromatic N) is 4.